The maximum Gasteiger partial charge on any atom is 0.329 e. The Morgan fingerprint density at radius 1 is 1.09 bits per heavy atom. The largest absolute Gasteiger partial charge is 0.506 e. The third kappa shape index (κ3) is 5.46. The number of azo groups is 1. The lowest BCUT2D eigenvalue weighted by Crippen LogP contribution is -2.05. The van der Waals surface area contributed by atoms with Crippen molar-refractivity contribution >= 4 is 23.0 Å². The van der Waals surface area contributed by atoms with Crippen LogP contribution in [0, 0.1) is 0 Å². The van der Waals surface area contributed by atoms with Crippen LogP contribution in [0.2, 0.25) is 0 Å². The first kappa shape index (κ1) is 16.9. The first-order valence-electron chi connectivity index (χ1n) is 6.38. The number of phenols is 1. The van der Waals surface area contributed by atoms with E-state index >= 15 is 0 Å². The number of benzene rings is 2. The van der Waals surface area contributed by atoms with Crippen molar-refractivity contribution in [3.8, 4) is 5.75 Å². The van der Waals surface area contributed by atoms with E-state index in [1.165, 1.54) is 6.92 Å². The van der Waals surface area contributed by atoms with Gasteiger partial charge < -0.3 is 9.94 Å². The number of carbonyl (C=O) groups is 1. The topological polar surface area (TPSA) is 83.3 Å². The van der Waals surface area contributed by atoms with E-state index in [0.29, 0.717) is 17.1 Å². The molecule has 6 heteroatoms. The molecule has 0 saturated heterocycles. The van der Waals surface area contributed by atoms with Gasteiger partial charge in [-0.3, -0.25) is 4.79 Å². The third-order valence-corrected chi connectivity index (χ3v) is 2.33. The Labute approximate surface area is 128 Å². The fraction of sp³-hybridized carbons (Fsp3) is 0.0625. The zero-order chi connectivity index (χ0) is 16.4. The summed E-state index contributed by atoms with van der Waals surface area (Å²) in [7, 11) is 0. The van der Waals surface area contributed by atoms with E-state index < -0.39 is 5.97 Å². The molecule has 0 aromatic heterocycles. The van der Waals surface area contributed by atoms with E-state index in [0.717, 1.165) is 0 Å². The highest BCUT2D eigenvalue weighted by atomic mass is 16.7. The van der Waals surface area contributed by atoms with Gasteiger partial charge in [-0.05, 0) is 36.4 Å². The van der Waals surface area contributed by atoms with Gasteiger partial charge in [0.25, 0.3) is 0 Å². The van der Waals surface area contributed by atoms with Gasteiger partial charge in [0.15, 0.2) is 0 Å². The van der Waals surface area contributed by atoms with Crippen LogP contribution >= 0.6 is 0 Å². The standard InChI is InChI=1S/C14H13N3O3.C2H4/c1-10(18)20-17-12-8-6-11(7-9-12)15-16-13-4-2-3-5-14(13)19;1-2/h2-9,17,19H,1H3;1-2H2. The molecule has 2 aromatic carbocycles. The first-order valence-corrected chi connectivity index (χ1v) is 6.38. The second-order valence-electron chi connectivity index (χ2n) is 3.93. The lowest BCUT2D eigenvalue weighted by atomic mass is 10.3. The number of para-hydroxylation sites is 1. The molecule has 0 aliphatic rings. The van der Waals surface area contributed by atoms with Crippen molar-refractivity contribution in [2.45, 2.75) is 6.92 Å². The Kier molecular flexibility index (Phi) is 6.85. The molecule has 0 amide bonds. The summed E-state index contributed by atoms with van der Waals surface area (Å²) in [6.45, 7) is 7.31. The van der Waals surface area contributed by atoms with Gasteiger partial charge in [0.1, 0.15) is 11.4 Å². The van der Waals surface area contributed by atoms with Crippen molar-refractivity contribution in [1.29, 1.82) is 0 Å². The van der Waals surface area contributed by atoms with Gasteiger partial charge in [0.05, 0.1) is 11.4 Å². The van der Waals surface area contributed by atoms with Gasteiger partial charge in [0, 0.05) is 6.92 Å². The van der Waals surface area contributed by atoms with Crippen molar-refractivity contribution < 1.29 is 14.7 Å². The lowest BCUT2D eigenvalue weighted by molar-refractivity contribution is -0.138. The van der Waals surface area contributed by atoms with E-state index in [4.69, 9.17) is 0 Å². The van der Waals surface area contributed by atoms with E-state index in [9.17, 15) is 9.90 Å². The van der Waals surface area contributed by atoms with Crippen LogP contribution in [0.1, 0.15) is 6.92 Å². The van der Waals surface area contributed by atoms with Crippen molar-refractivity contribution in [3.05, 3.63) is 61.7 Å². The lowest BCUT2D eigenvalue weighted by Gasteiger charge is -2.04. The number of nitrogens with zero attached hydrogens (tertiary/aromatic N) is 2. The zero-order valence-corrected chi connectivity index (χ0v) is 12.2. The Bertz CT molecular complexity index is 639. The second-order valence-corrected chi connectivity index (χ2v) is 3.93. The molecule has 0 unspecified atom stereocenters. The Morgan fingerprint density at radius 3 is 2.32 bits per heavy atom. The molecule has 0 atom stereocenters. The maximum atomic E-state index is 10.6. The quantitative estimate of drug-likeness (QED) is 0.494. The normalized spacial score (nSPS) is 9.68. The average molecular weight is 299 g/mol. The zero-order valence-electron chi connectivity index (χ0n) is 12.2. The highest BCUT2D eigenvalue weighted by molar-refractivity contribution is 5.67. The molecule has 6 nitrogen and oxygen atoms in total. The van der Waals surface area contributed by atoms with Crippen molar-refractivity contribution in [2.75, 3.05) is 5.48 Å². The molecule has 0 fully saturated rings. The van der Waals surface area contributed by atoms with Gasteiger partial charge >= 0.3 is 5.97 Å². The molecular formula is C16H17N3O3. The maximum absolute atomic E-state index is 10.6. The molecule has 2 N–H and O–H groups in total. The van der Waals surface area contributed by atoms with Crippen LogP contribution in [0.3, 0.4) is 0 Å². The molecular weight excluding hydrogens is 282 g/mol. The average Bonchev–Trinajstić information content (AvgIpc) is 2.55. The van der Waals surface area contributed by atoms with Gasteiger partial charge in [-0.1, -0.05) is 12.1 Å². The Hall–Kier alpha value is -3.15. The van der Waals surface area contributed by atoms with Crippen LogP contribution in [0.5, 0.6) is 5.75 Å². The molecule has 0 saturated carbocycles. The van der Waals surface area contributed by atoms with Crippen LogP contribution in [0.25, 0.3) is 0 Å². The molecule has 0 heterocycles. The fourth-order valence-electron chi connectivity index (χ4n) is 1.39. The number of carbonyl (C=O) groups excluding carboxylic acids is 1. The van der Waals surface area contributed by atoms with Crippen LogP contribution in [0.15, 0.2) is 71.9 Å². The number of phenolic OH excluding ortho intramolecular Hbond substituents is 1. The predicted molar refractivity (Wildman–Crippen MR) is 85.4 cm³/mol. The summed E-state index contributed by atoms with van der Waals surface area (Å²) in [5, 5.41) is 17.5. The Balaban J connectivity index is 0.00000116. The molecule has 0 bridgehead atoms. The predicted octanol–water partition coefficient (Wildman–Crippen LogP) is 4.50. The van der Waals surface area contributed by atoms with Crippen molar-refractivity contribution in [3.63, 3.8) is 0 Å². The third-order valence-electron chi connectivity index (χ3n) is 2.33. The number of hydrogen-bond acceptors (Lipinski definition) is 6. The van der Waals surface area contributed by atoms with Crippen LogP contribution < -0.4 is 5.48 Å². The van der Waals surface area contributed by atoms with Crippen molar-refractivity contribution in [2.24, 2.45) is 10.2 Å². The molecule has 2 aromatic rings. The SMILES string of the molecule is C=C.CC(=O)ONc1ccc(N=Nc2ccccc2O)cc1. The monoisotopic (exact) mass is 299 g/mol. The number of nitrogens with one attached hydrogen (secondary N) is 1. The molecule has 114 valence electrons. The van der Waals surface area contributed by atoms with E-state index in [-0.39, 0.29) is 5.75 Å². The summed E-state index contributed by atoms with van der Waals surface area (Å²) in [4.78, 5) is 15.3. The van der Waals surface area contributed by atoms with E-state index in [1.54, 1.807) is 48.5 Å². The summed E-state index contributed by atoms with van der Waals surface area (Å²) < 4.78 is 0. The van der Waals surface area contributed by atoms with E-state index in [2.05, 4.69) is 33.7 Å². The smallest absolute Gasteiger partial charge is 0.329 e. The van der Waals surface area contributed by atoms with Crippen molar-refractivity contribution in [1.82, 2.24) is 0 Å². The van der Waals surface area contributed by atoms with Gasteiger partial charge in [-0.25, -0.2) is 5.48 Å². The number of aromatic hydroxyl groups is 1. The van der Waals surface area contributed by atoms with Crippen LogP contribution in [-0.4, -0.2) is 11.1 Å². The molecule has 22 heavy (non-hydrogen) atoms. The van der Waals surface area contributed by atoms with Gasteiger partial charge in [-0.2, -0.15) is 5.11 Å². The molecule has 0 radical (unpaired) electrons. The minimum absolute atomic E-state index is 0.0735. The number of rotatable bonds is 4. The summed E-state index contributed by atoms with van der Waals surface area (Å²) in [5.74, 6) is -0.349. The first-order chi connectivity index (χ1) is 10.6. The summed E-state index contributed by atoms with van der Waals surface area (Å²) >= 11 is 0. The summed E-state index contributed by atoms with van der Waals surface area (Å²) in [6, 6.07) is 13.5. The second kappa shape index (κ2) is 8.91. The molecule has 0 spiro atoms. The van der Waals surface area contributed by atoms with Gasteiger partial charge in [0.2, 0.25) is 0 Å². The number of anilines is 1. The van der Waals surface area contributed by atoms with Crippen LogP contribution in [-0.2, 0) is 9.63 Å². The molecule has 2 rings (SSSR count). The number of hydrogen-bond donors (Lipinski definition) is 2. The highest BCUT2D eigenvalue weighted by Gasteiger charge is 1.98. The summed E-state index contributed by atoms with van der Waals surface area (Å²) in [5.41, 5.74) is 4.13. The minimum Gasteiger partial charge on any atom is -0.506 e. The highest BCUT2D eigenvalue weighted by Crippen LogP contribution is 2.27. The van der Waals surface area contributed by atoms with E-state index in [1.807, 2.05) is 0 Å². The minimum atomic E-state index is -0.423. The summed E-state index contributed by atoms with van der Waals surface area (Å²) in [6.07, 6.45) is 0. The Morgan fingerprint density at radius 2 is 1.73 bits per heavy atom. The molecule has 0 aliphatic heterocycles. The van der Waals surface area contributed by atoms with Gasteiger partial charge in [-0.15, -0.1) is 18.3 Å². The fourth-order valence-corrected chi connectivity index (χ4v) is 1.39. The van der Waals surface area contributed by atoms with Crippen LogP contribution in [0.4, 0.5) is 17.1 Å². The molecule has 0 aliphatic carbocycles.